The van der Waals surface area contributed by atoms with Crippen LogP contribution >= 0.6 is 68.2 Å². The molecule has 17 aromatic heterocycles. The predicted octanol–water partition coefficient (Wildman–Crippen LogP) is 31.1. The van der Waals surface area contributed by atoms with E-state index in [-0.39, 0.29) is 0 Å². The van der Waals surface area contributed by atoms with Gasteiger partial charge in [-0.15, -0.1) is 56.7 Å². The zero-order valence-electron chi connectivity index (χ0n) is 83.3. The number of aromatic nitrogens is 19. The third-order valence-corrected chi connectivity index (χ3v) is 29.7. The Morgan fingerprint density at radius 3 is 1.52 bits per heavy atom. The van der Waals surface area contributed by atoms with Gasteiger partial charge in [0.15, 0.2) is 21.9 Å². The van der Waals surface area contributed by atoms with Crippen molar-refractivity contribution in [1.29, 1.82) is 0 Å². The molecule has 0 bridgehead atoms. The molecule has 4 N–H and O–H groups in total. The van der Waals surface area contributed by atoms with Crippen LogP contribution in [0.25, 0.3) is 64.1 Å². The standard InChI is InChI=1S/C12H18N2S.C12H18N2.C11H17N3.C11H16N2O.5C11H16N2S/c1-7(2)10-6-9-12(14(10)5)15-11(13-9)8(3)4;1-8(2)10-5-12-13-11(9(3)4)7-14(12)6-10;1-7(2)9-5-14-6-10(8(3)4)13-11(14)12-9;2*1-7(2)9-6-13-11(12-9)5-10(14-13)8(3)4;1-7(2)9-5-13-6-10(8(3)4)14-11(13)12-9;1-7(2)9-10(8(3)4)13-5-6-14-11(13)12-9;1-6(2)9-5-8-11(14-9)13-10(12-8)7(3)4;1-6(2)8-5-9-11(12-8)14-10(13-9)7(3)4/h6-8H,1-5H3;5,7-9H,6H2,1-4H3;5-8H,1-4H3,(H,12,13);4*5-8H,1-4H3;5-7H,1-4H3,(H,12,13);5-7,12H,1-4H3/p+1. The van der Waals surface area contributed by atoms with E-state index in [4.69, 9.17) is 4.52 Å². The summed E-state index contributed by atoms with van der Waals surface area (Å²) in [5.41, 5.74) is 19.6. The average molecular weight is 1840 g/mol. The maximum Gasteiger partial charge on any atom is 0.323 e. The summed E-state index contributed by atoms with van der Waals surface area (Å²) in [4.78, 5) is 60.4. The summed E-state index contributed by atoms with van der Waals surface area (Å²) in [6.45, 7) is 79.9. The van der Waals surface area contributed by atoms with Crippen LogP contribution in [0.1, 0.15) is 449 Å². The van der Waals surface area contributed by atoms with Crippen LogP contribution in [-0.2, 0) is 13.6 Å². The number of allylic oxidation sites excluding steroid dienone is 1. The van der Waals surface area contributed by atoms with E-state index in [1.165, 1.54) is 96.6 Å². The fraction of sp³-hybridized carbons (Fsp3) is 0.554. The fourth-order valence-electron chi connectivity index (χ4n) is 13.9. The number of thiazole rings is 4. The zero-order valence-corrected chi connectivity index (χ0v) is 88.2. The molecule has 1 aliphatic rings. The Balaban J connectivity index is 0.000000149. The van der Waals surface area contributed by atoms with Crippen molar-refractivity contribution in [2.75, 3.05) is 0 Å². The van der Waals surface area contributed by atoms with Crippen molar-refractivity contribution in [3.05, 3.63) is 190 Å². The fourth-order valence-corrected chi connectivity index (χ4v) is 19.5. The number of aryl methyl sites for hydroxylation is 1. The van der Waals surface area contributed by atoms with E-state index < -0.39 is 0 Å². The number of H-pyrrole nitrogens is 4. The quantitative estimate of drug-likeness (QED) is 0.0601. The van der Waals surface area contributed by atoms with E-state index >= 15 is 0 Å². The lowest BCUT2D eigenvalue weighted by atomic mass is 10.0. The lowest BCUT2D eigenvalue weighted by Crippen LogP contribution is -2.13. The molecule has 0 aromatic carbocycles. The molecule has 690 valence electrons. The van der Waals surface area contributed by atoms with Crippen LogP contribution in [0, 0.1) is 5.92 Å². The third kappa shape index (κ3) is 25.2. The first-order valence-corrected chi connectivity index (χ1v) is 51.3. The number of hydrogen-bond donors (Lipinski definition) is 4. The van der Waals surface area contributed by atoms with E-state index in [0.717, 1.165) is 72.5 Å². The third-order valence-electron chi connectivity index (χ3n) is 22.3. The van der Waals surface area contributed by atoms with E-state index in [1.54, 1.807) is 56.9 Å². The minimum absolute atomic E-state index is 0.436. The van der Waals surface area contributed by atoms with Gasteiger partial charge in [0.25, 0.3) is 0 Å². The summed E-state index contributed by atoms with van der Waals surface area (Å²) >= 11 is 10.7. The Bertz CT molecular complexity index is 5240. The van der Waals surface area contributed by atoms with Gasteiger partial charge in [0.2, 0.25) is 5.78 Å². The SMILES string of the molecule is CC(C)C1=Cc2nc(C(C)C)cn2C1.CC(C)c1c[n+]2oc(C(C)C)cc2[nH]1.CC(C)c1cc2nc(C(C)C)sc2[nH]1.CC(C)c1cn2cc(C(C)C)[nH]c2n1.CC(C)c1cn2cc(C(C)C)sc2n1.CC(C)c1cn2sc(C(C)C)cc2n1.CC(C)c1nc2cc(C(C)C)n(C)c2s1.CC(C)c1nc2sc(C(C)C)cc2[nH]1.CC(C)c1nc2sccn2c1C(C)C. The molecule has 0 saturated heterocycles. The summed E-state index contributed by atoms with van der Waals surface area (Å²) in [5.74, 6) is 13.9. The number of rotatable bonds is 18. The highest BCUT2D eigenvalue weighted by molar-refractivity contribution is 7.19. The van der Waals surface area contributed by atoms with Crippen molar-refractivity contribution in [3.8, 4) is 0 Å². The molecule has 0 fully saturated rings. The van der Waals surface area contributed by atoms with Gasteiger partial charge in [-0.3, -0.25) is 17.0 Å². The molecule has 0 spiro atoms. The second kappa shape index (κ2) is 43.5. The molecule has 0 aliphatic carbocycles. The van der Waals surface area contributed by atoms with Gasteiger partial charge in [-0.05, 0) is 117 Å². The van der Waals surface area contributed by atoms with Crippen LogP contribution < -0.4 is 4.57 Å². The van der Waals surface area contributed by atoms with E-state index in [2.05, 4.69) is 427 Å². The smallest absolute Gasteiger partial charge is 0.323 e. The second-order valence-electron chi connectivity index (χ2n) is 39.6. The van der Waals surface area contributed by atoms with E-state index in [1.807, 2.05) is 22.1 Å². The topological polar surface area (TPSA) is 211 Å². The molecule has 0 amide bonds. The highest BCUT2D eigenvalue weighted by Crippen LogP contribution is 2.37. The van der Waals surface area contributed by atoms with Crippen molar-refractivity contribution in [2.24, 2.45) is 13.0 Å². The largest absolute Gasteiger partial charge is 0.349 e. The van der Waals surface area contributed by atoms with E-state index in [0.29, 0.717) is 107 Å². The molecule has 1 aliphatic heterocycles. The summed E-state index contributed by atoms with van der Waals surface area (Å²) in [7, 11) is 2.14. The number of nitrogens with one attached hydrogen (secondary N) is 4. The molecule has 127 heavy (non-hydrogen) atoms. The summed E-state index contributed by atoms with van der Waals surface area (Å²) in [6, 6.07) is 10.9. The molecule has 0 unspecified atom stereocenters. The number of hydrogen-bond acceptors (Lipinski definition) is 15. The van der Waals surface area contributed by atoms with Crippen molar-refractivity contribution < 1.29 is 9.10 Å². The predicted molar refractivity (Wildman–Crippen MR) is 546 cm³/mol. The van der Waals surface area contributed by atoms with Crippen molar-refractivity contribution in [1.82, 2.24) is 85.9 Å². The molecule has 17 aromatic rings. The van der Waals surface area contributed by atoms with Gasteiger partial charge in [0.1, 0.15) is 43.0 Å². The van der Waals surface area contributed by atoms with Gasteiger partial charge in [-0.1, -0.05) is 261 Å². The van der Waals surface area contributed by atoms with Gasteiger partial charge in [0, 0.05) is 129 Å². The first-order chi connectivity index (χ1) is 59.6. The van der Waals surface area contributed by atoms with Crippen molar-refractivity contribution in [2.45, 2.75) is 356 Å². The number of fused-ring (bicyclic) bond motifs is 9. The van der Waals surface area contributed by atoms with Crippen LogP contribution in [-0.4, -0.2) is 85.9 Å². The normalized spacial score (nSPS) is 12.5. The second-order valence-corrected chi connectivity index (χ2v) is 45.6. The molecular weight excluding hydrogens is 1690 g/mol. The van der Waals surface area contributed by atoms with Crippen LogP contribution in [0.4, 0.5) is 0 Å². The molecule has 0 atom stereocenters. The summed E-state index contributed by atoms with van der Waals surface area (Å²) in [6.07, 6.45) is 19.3. The van der Waals surface area contributed by atoms with Gasteiger partial charge < -0.3 is 28.6 Å². The monoisotopic (exact) mass is 1840 g/mol. The average Bonchev–Trinajstić information content (AvgIpc) is 1.62. The van der Waals surface area contributed by atoms with E-state index in [9.17, 15) is 0 Å². The Labute approximate surface area is 780 Å². The van der Waals surface area contributed by atoms with Crippen molar-refractivity contribution >= 4 is 132 Å². The summed E-state index contributed by atoms with van der Waals surface area (Å²) in [5, 5.41) is 4.56. The van der Waals surface area contributed by atoms with Crippen LogP contribution in [0.5, 0.6) is 0 Å². The van der Waals surface area contributed by atoms with Crippen molar-refractivity contribution in [3.63, 3.8) is 0 Å². The molecule has 18 rings (SSSR count). The van der Waals surface area contributed by atoms with Gasteiger partial charge in [0.05, 0.1) is 55.6 Å². The Hall–Kier alpha value is -8.53. The van der Waals surface area contributed by atoms with Crippen LogP contribution in [0.3, 0.4) is 0 Å². The first-order valence-electron chi connectivity index (χ1n) is 46.4. The Kier molecular flexibility index (Phi) is 34.4. The zero-order chi connectivity index (χ0) is 93.5. The number of imidazole rings is 8. The minimum Gasteiger partial charge on any atom is -0.349 e. The lowest BCUT2D eigenvalue weighted by molar-refractivity contribution is -0.717. The Morgan fingerprint density at radius 1 is 0.417 bits per heavy atom. The number of thiophene rings is 1. The molecule has 18 heterocycles. The lowest BCUT2D eigenvalue weighted by Gasteiger charge is -2.09. The Morgan fingerprint density at radius 2 is 1.02 bits per heavy atom. The van der Waals surface area contributed by atoms with Crippen LogP contribution in [0.15, 0.2) is 95.4 Å². The summed E-state index contributed by atoms with van der Waals surface area (Å²) < 4.78 is 20.6. The minimum atomic E-state index is 0.436. The van der Waals surface area contributed by atoms with Gasteiger partial charge in [-0.25, -0.2) is 44.9 Å². The molecule has 26 heteroatoms. The molecule has 0 saturated carbocycles. The highest BCUT2D eigenvalue weighted by Gasteiger charge is 2.24. The number of aromatic amines is 4. The highest BCUT2D eigenvalue weighted by atomic mass is 32.1. The maximum atomic E-state index is 5.65. The molecule has 0 radical (unpaired) electrons. The number of nitrogens with zero attached hydrogens (tertiary/aromatic N) is 15. The van der Waals surface area contributed by atoms with Gasteiger partial charge >= 0.3 is 5.65 Å². The van der Waals surface area contributed by atoms with Crippen LogP contribution in [0.2, 0.25) is 0 Å². The molecule has 20 nitrogen and oxygen atoms in total. The molecular formula is C101H150N19OS6+. The van der Waals surface area contributed by atoms with Gasteiger partial charge in [-0.2, -0.15) is 0 Å². The first kappa shape index (κ1) is 101. The maximum absolute atomic E-state index is 5.65.